The molecule has 0 unspecified atom stereocenters. The third-order valence-electron chi connectivity index (χ3n) is 4.77. The van der Waals surface area contributed by atoms with Gasteiger partial charge in [-0.15, -0.1) is 0 Å². The molecule has 9 heteroatoms. The second-order valence-corrected chi connectivity index (χ2v) is 6.71. The lowest BCUT2D eigenvalue weighted by Gasteiger charge is -2.31. The zero-order chi connectivity index (χ0) is 20.6. The van der Waals surface area contributed by atoms with Gasteiger partial charge in [-0.1, -0.05) is 0 Å². The van der Waals surface area contributed by atoms with E-state index in [4.69, 9.17) is 0 Å². The molecule has 0 aliphatic carbocycles. The van der Waals surface area contributed by atoms with E-state index < -0.39 is 17.8 Å². The van der Waals surface area contributed by atoms with Crippen LogP contribution in [0.5, 0.6) is 0 Å². The first kappa shape index (κ1) is 20.2. The lowest BCUT2D eigenvalue weighted by atomic mass is 9.97. The average molecular weight is 397 g/mol. The van der Waals surface area contributed by atoms with Gasteiger partial charge in [0.15, 0.2) is 0 Å². The minimum Gasteiger partial charge on any atom is -0.465 e. The van der Waals surface area contributed by atoms with E-state index in [1.165, 1.54) is 19.2 Å². The number of nitrogens with one attached hydrogen (secondary N) is 2. The van der Waals surface area contributed by atoms with Gasteiger partial charge in [-0.25, -0.2) is 14.8 Å². The van der Waals surface area contributed by atoms with E-state index >= 15 is 0 Å². The fourth-order valence-electron chi connectivity index (χ4n) is 3.10. The topological polar surface area (TPSA) is 114 Å². The molecule has 1 aromatic carbocycles. The Morgan fingerprint density at radius 2 is 1.72 bits per heavy atom. The highest BCUT2D eigenvalue weighted by atomic mass is 16.5. The number of esters is 1. The van der Waals surface area contributed by atoms with Crippen LogP contribution in [0.3, 0.4) is 0 Å². The maximum atomic E-state index is 12.1. The second kappa shape index (κ2) is 9.63. The number of amides is 2. The molecule has 1 fully saturated rings. The van der Waals surface area contributed by atoms with Crippen LogP contribution in [0.2, 0.25) is 0 Å². The summed E-state index contributed by atoms with van der Waals surface area (Å²) in [7, 11) is 1.29. The molecule has 1 aromatic heterocycles. The van der Waals surface area contributed by atoms with Crippen molar-refractivity contribution in [2.24, 2.45) is 5.92 Å². The molecule has 1 aliphatic rings. The number of ether oxygens (including phenoxy) is 1. The van der Waals surface area contributed by atoms with Gasteiger partial charge in [0.2, 0.25) is 5.95 Å². The van der Waals surface area contributed by atoms with E-state index in [-0.39, 0.29) is 0 Å². The summed E-state index contributed by atoms with van der Waals surface area (Å²) in [5.74, 6) is -0.883. The maximum Gasteiger partial charge on any atom is 0.337 e. The fraction of sp³-hybridized carbons (Fsp3) is 0.350. The van der Waals surface area contributed by atoms with Crippen LogP contribution in [0.15, 0.2) is 42.7 Å². The minimum atomic E-state index is -0.745. The smallest absolute Gasteiger partial charge is 0.337 e. The summed E-state index contributed by atoms with van der Waals surface area (Å²) in [6.45, 7) is 2.06. The number of rotatable bonds is 5. The van der Waals surface area contributed by atoms with Crippen molar-refractivity contribution in [2.75, 3.05) is 37.0 Å². The normalized spacial score (nSPS) is 14.2. The van der Waals surface area contributed by atoms with Crippen LogP contribution in [-0.4, -0.2) is 54.5 Å². The Bertz CT molecular complexity index is 849. The molecule has 9 nitrogen and oxygen atoms in total. The Balaban J connectivity index is 1.41. The molecule has 152 valence electrons. The molecule has 1 aliphatic heterocycles. The van der Waals surface area contributed by atoms with Crippen molar-refractivity contribution in [1.29, 1.82) is 0 Å². The zero-order valence-corrected chi connectivity index (χ0v) is 16.1. The van der Waals surface area contributed by atoms with Gasteiger partial charge in [0.1, 0.15) is 0 Å². The summed E-state index contributed by atoms with van der Waals surface area (Å²) < 4.78 is 4.62. The first-order valence-electron chi connectivity index (χ1n) is 9.36. The summed E-state index contributed by atoms with van der Waals surface area (Å²) in [5, 5.41) is 5.21. The van der Waals surface area contributed by atoms with Gasteiger partial charge in [0, 0.05) is 37.7 Å². The summed E-state index contributed by atoms with van der Waals surface area (Å²) in [5.41, 5.74) is 0.788. The molecule has 2 heterocycles. The Hall–Kier alpha value is -3.49. The highest BCUT2D eigenvalue weighted by molar-refractivity contribution is 6.39. The SMILES string of the molecule is COC(=O)c1ccc(NC(=O)C(=O)NCC2CCN(c3ncccn3)CC2)cc1. The number of piperidine rings is 1. The maximum absolute atomic E-state index is 12.1. The van der Waals surface area contributed by atoms with E-state index in [0.29, 0.717) is 29.7 Å². The molecule has 0 bridgehead atoms. The van der Waals surface area contributed by atoms with E-state index in [2.05, 4.69) is 30.2 Å². The summed E-state index contributed by atoms with van der Waals surface area (Å²) in [4.78, 5) is 46.2. The predicted molar refractivity (Wildman–Crippen MR) is 106 cm³/mol. The van der Waals surface area contributed by atoms with Crippen molar-refractivity contribution in [3.05, 3.63) is 48.3 Å². The predicted octanol–water partition coefficient (Wildman–Crippen LogP) is 1.23. The number of hydrogen-bond donors (Lipinski definition) is 2. The van der Waals surface area contributed by atoms with Crippen molar-refractivity contribution in [3.8, 4) is 0 Å². The van der Waals surface area contributed by atoms with Crippen LogP contribution < -0.4 is 15.5 Å². The van der Waals surface area contributed by atoms with Crippen molar-refractivity contribution in [2.45, 2.75) is 12.8 Å². The molecular weight excluding hydrogens is 374 g/mol. The largest absolute Gasteiger partial charge is 0.465 e. The van der Waals surface area contributed by atoms with E-state index in [1.807, 2.05) is 0 Å². The monoisotopic (exact) mass is 397 g/mol. The second-order valence-electron chi connectivity index (χ2n) is 6.71. The van der Waals surface area contributed by atoms with Crippen molar-refractivity contribution < 1.29 is 19.1 Å². The average Bonchev–Trinajstić information content (AvgIpc) is 2.78. The molecule has 0 spiro atoms. The van der Waals surface area contributed by atoms with Crippen LogP contribution in [0.25, 0.3) is 0 Å². The first-order valence-corrected chi connectivity index (χ1v) is 9.36. The quantitative estimate of drug-likeness (QED) is 0.576. The van der Waals surface area contributed by atoms with Crippen LogP contribution in [0, 0.1) is 5.92 Å². The van der Waals surface area contributed by atoms with Gasteiger partial charge in [0.05, 0.1) is 12.7 Å². The number of carbonyl (C=O) groups is 3. The van der Waals surface area contributed by atoms with E-state index in [9.17, 15) is 14.4 Å². The van der Waals surface area contributed by atoms with Crippen LogP contribution in [0.1, 0.15) is 23.2 Å². The molecule has 2 aromatic rings. The fourth-order valence-corrected chi connectivity index (χ4v) is 3.10. The third kappa shape index (κ3) is 5.50. The van der Waals surface area contributed by atoms with Gasteiger partial charge < -0.3 is 20.3 Å². The summed E-state index contributed by atoms with van der Waals surface area (Å²) in [6, 6.07) is 7.90. The third-order valence-corrected chi connectivity index (χ3v) is 4.77. The Labute approximate surface area is 168 Å². The number of aromatic nitrogens is 2. The Kier molecular flexibility index (Phi) is 6.72. The number of hydrogen-bond acceptors (Lipinski definition) is 7. The number of methoxy groups -OCH3 is 1. The zero-order valence-electron chi connectivity index (χ0n) is 16.1. The Morgan fingerprint density at radius 3 is 2.34 bits per heavy atom. The minimum absolute atomic E-state index is 0.297. The summed E-state index contributed by atoms with van der Waals surface area (Å²) in [6.07, 6.45) is 5.21. The van der Waals surface area contributed by atoms with Crippen molar-refractivity contribution >= 4 is 29.4 Å². The number of nitrogens with zero attached hydrogens (tertiary/aromatic N) is 3. The van der Waals surface area contributed by atoms with Gasteiger partial charge in [-0.05, 0) is 49.1 Å². The number of anilines is 2. The van der Waals surface area contributed by atoms with Gasteiger partial charge >= 0.3 is 17.8 Å². The van der Waals surface area contributed by atoms with Crippen molar-refractivity contribution in [3.63, 3.8) is 0 Å². The molecule has 29 heavy (non-hydrogen) atoms. The highest BCUT2D eigenvalue weighted by Crippen LogP contribution is 2.19. The molecule has 0 atom stereocenters. The van der Waals surface area contributed by atoms with Crippen LogP contribution in [0.4, 0.5) is 11.6 Å². The lowest BCUT2D eigenvalue weighted by Crippen LogP contribution is -2.42. The number of benzene rings is 1. The van der Waals surface area contributed by atoms with E-state index in [0.717, 1.165) is 25.9 Å². The van der Waals surface area contributed by atoms with Gasteiger partial charge in [-0.3, -0.25) is 9.59 Å². The van der Waals surface area contributed by atoms with Crippen LogP contribution >= 0.6 is 0 Å². The molecule has 2 amide bonds. The van der Waals surface area contributed by atoms with Gasteiger partial charge in [-0.2, -0.15) is 0 Å². The first-order chi connectivity index (χ1) is 14.1. The standard InChI is InChI=1S/C20H23N5O4/c1-29-19(28)15-3-5-16(6-4-15)24-18(27)17(26)23-13-14-7-11-25(12-8-14)20-21-9-2-10-22-20/h2-6,9-10,14H,7-8,11-13H2,1H3,(H,23,26)(H,24,27). The molecule has 0 saturated carbocycles. The molecule has 2 N–H and O–H groups in total. The Morgan fingerprint density at radius 1 is 1.07 bits per heavy atom. The molecule has 3 rings (SSSR count). The molecule has 1 saturated heterocycles. The lowest BCUT2D eigenvalue weighted by molar-refractivity contribution is -0.136. The van der Waals surface area contributed by atoms with Crippen LogP contribution in [-0.2, 0) is 14.3 Å². The van der Waals surface area contributed by atoms with Gasteiger partial charge in [0.25, 0.3) is 0 Å². The molecule has 0 radical (unpaired) electrons. The highest BCUT2D eigenvalue weighted by Gasteiger charge is 2.22. The van der Waals surface area contributed by atoms with E-state index in [1.54, 1.807) is 30.6 Å². The molecular formula is C20H23N5O4. The number of carbonyl (C=O) groups excluding carboxylic acids is 3. The summed E-state index contributed by atoms with van der Waals surface area (Å²) >= 11 is 0. The van der Waals surface area contributed by atoms with Crippen molar-refractivity contribution in [1.82, 2.24) is 15.3 Å².